The van der Waals surface area contributed by atoms with Crippen molar-refractivity contribution in [3.63, 3.8) is 0 Å². The molecule has 3 rings (SSSR count). The summed E-state index contributed by atoms with van der Waals surface area (Å²) in [4.78, 5) is 4.38. The summed E-state index contributed by atoms with van der Waals surface area (Å²) in [6.45, 7) is 4.66. The van der Waals surface area contributed by atoms with Crippen LogP contribution in [-0.2, 0) is 11.3 Å². The Bertz CT molecular complexity index is 588. The lowest BCUT2D eigenvalue weighted by molar-refractivity contribution is -0.0617. The highest BCUT2D eigenvalue weighted by Gasteiger charge is 2.29. The van der Waals surface area contributed by atoms with Crippen molar-refractivity contribution in [2.75, 3.05) is 19.8 Å². The highest BCUT2D eigenvalue weighted by molar-refractivity contribution is 5.41. The van der Waals surface area contributed by atoms with E-state index in [0.717, 1.165) is 11.3 Å². The molecule has 2 aromatic rings. The van der Waals surface area contributed by atoms with Crippen LogP contribution in [0.5, 0.6) is 0 Å². The summed E-state index contributed by atoms with van der Waals surface area (Å²) in [7, 11) is 0. The fourth-order valence-electron chi connectivity index (χ4n) is 2.62. The van der Waals surface area contributed by atoms with E-state index >= 15 is 0 Å². The third kappa shape index (κ3) is 2.85. The number of nitrogens with one attached hydrogen (secondary N) is 1. The van der Waals surface area contributed by atoms with Gasteiger partial charge in [-0.25, -0.2) is 4.98 Å². The zero-order chi connectivity index (χ0) is 14.0. The first-order valence-corrected chi connectivity index (χ1v) is 7.10. The van der Waals surface area contributed by atoms with E-state index in [4.69, 9.17) is 4.74 Å². The molecule has 108 valence electrons. The maximum Gasteiger partial charge on any atom is 0.136 e. The number of aliphatic hydroxyl groups is 1. The topological polar surface area (TPSA) is 58.8 Å². The van der Waals surface area contributed by atoms with Gasteiger partial charge in [0.15, 0.2) is 0 Å². The van der Waals surface area contributed by atoms with Crippen LogP contribution in [-0.4, -0.2) is 39.9 Å². The van der Waals surface area contributed by atoms with E-state index < -0.39 is 5.60 Å². The lowest BCUT2D eigenvalue weighted by Crippen LogP contribution is -2.44. The second kappa shape index (κ2) is 5.52. The van der Waals surface area contributed by atoms with Gasteiger partial charge in [-0.15, -0.1) is 0 Å². The van der Waals surface area contributed by atoms with E-state index in [0.29, 0.717) is 39.1 Å². The first-order chi connectivity index (χ1) is 9.66. The summed E-state index contributed by atoms with van der Waals surface area (Å²) in [5.41, 5.74) is 2.64. The first-order valence-electron chi connectivity index (χ1n) is 7.10. The summed E-state index contributed by atoms with van der Waals surface area (Å²) in [6, 6.07) is 4.08. The van der Waals surface area contributed by atoms with E-state index in [2.05, 4.69) is 33.9 Å². The molecule has 5 nitrogen and oxygen atoms in total. The average molecular weight is 275 g/mol. The summed E-state index contributed by atoms with van der Waals surface area (Å²) < 4.78 is 7.38. The maximum atomic E-state index is 10.4. The Kier molecular flexibility index (Phi) is 3.74. The number of ether oxygens (including phenoxy) is 1. The smallest absolute Gasteiger partial charge is 0.136 e. The van der Waals surface area contributed by atoms with E-state index in [1.54, 1.807) is 0 Å². The molecule has 0 aromatic carbocycles. The minimum atomic E-state index is -0.630. The maximum absolute atomic E-state index is 10.4. The van der Waals surface area contributed by atoms with Crippen LogP contribution in [0.15, 0.2) is 24.5 Å². The van der Waals surface area contributed by atoms with Gasteiger partial charge in [-0.2, -0.15) is 0 Å². The van der Waals surface area contributed by atoms with E-state index in [1.165, 1.54) is 5.56 Å². The molecule has 0 saturated carbocycles. The minimum Gasteiger partial charge on any atom is -0.388 e. The number of imidazole rings is 1. The van der Waals surface area contributed by atoms with Crippen LogP contribution in [0.4, 0.5) is 0 Å². The van der Waals surface area contributed by atoms with Crippen LogP contribution < -0.4 is 5.32 Å². The monoisotopic (exact) mass is 275 g/mol. The number of nitrogens with zero attached hydrogens (tertiary/aromatic N) is 2. The van der Waals surface area contributed by atoms with E-state index in [9.17, 15) is 5.11 Å². The Morgan fingerprint density at radius 3 is 3.00 bits per heavy atom. The molecule has 0 aliphatic carbocycles. The van der Waals surface area contributed by atoms with Crippen LogP contribution in [0.3, 0.4) is 0 Å². The van der Waals surface area contributed by atoms with Gasteiger partial charge in [-0.05, 0) is 18.6 Å². The molecule has 1 fully saturated rings. The van der Waals surface area contributed by atoms with Gasteiger partial charge in [-0.1, -0.05) is 6.07 Å². The van der Waals surface area contributed by atoms with Crippen molar-refractivity contribution in [3.8, 4) is 0 Å². The number of hydrogen-bond acceptors (Lipinski definition) is 4. The predicted octanol–water partition coefficient (Wildman–Crippen LogP) is 1.27. The van der Waals surface area contributed by atoms with Crippen molar-refractivity contribution in [3.05, 3.63) is 35.8 Å². The number of fused-ring (bicyclic) bond motifs is 1. The fraction of sp³-hybridized carbons (Fsp3) is 0.533. The number of rotatable bonds is 4. The van der Waals surface area contributed by atoms with Crippen molar-refractivity contribution >= 4 is 5.65 Å². The van der Waals surface area contributed by atoms with Crippen LogP contribution >= 0.6 is 0 Å². The predicted molar refractivity (Wildman–Crippen MR) is 76.6 cm³/mol. The molecular weight excluding hydrogens is 254 g/mol. The summed E-state index contributed by atoms with van der Waals surface area (Å²) in [5, 5.41) is 13.7. The lowest BCUT2D eigenvalue weighted by atomic mass is 9.94. The van der Waals surface area contributed by atoms with Crippen LogP contribution in [0.25, 0.3) is 5.65 Å². The molecule has 3 heterocycles. The van der Waals surface area contributed by atoms with Gasteiger partial charge in [0, 0.05) is 45.3 Å². The molecule has 0 bridgehead atoms. The molecule has 0 spiro atoms. The largest absolute Gasteiger partial charge is 0.388 e. The Hall–Kier alpha value is -1.43. The van der Waals surface area contributed by atoms with Gasteiger partial charge in [0.2, 0.25) is 0 Å². The van der Waals surface area contributed by atoms with E-state index in [-0.39, 0.29) is 0 Å². The molecule has 1 saturated heterocycles. The second-order valence-electron chi connectivity index (χ2n) is 5.62. The number of aromatic nitrogens is 2. The van der Waals surface area contributed by atoms with Crippen LogP contribution in [0, 0.1) is 6.92 Å². The molecule has 2 N–H and O–H groups in total. The van der Waals surface area contributed by atoms with Crippen molar-refractivity contribution in [2.24, 2.45) is 0 Å². The molecule has 0 unspecified atom stereocenters. The molecule has 0 atom stereocenters. The standard InChI is InChI=1S/C15H21N3O2/c1-12-2-3-14-17-9-13(18(14)10-12)8-16-11-15(19)4-6-20-7-5-15/h2-3,9-10,16,19H,4-8,11H2,1H3. The number of pyridine rings is 1. The van der Waals surface area contributed by atoms with Gasteiger partial charge >= 0.3 is 0 Å². The molecule has 1 aliphatic heterocycles. The Labute approximate surface area is 118 Å². The highest BCUT2D eigenvalue weighted by Crippen LogP contribution is 2.19. The normalized spacial score (nSPS) is 18.5. The van der Waals surface area contributed by atoms with Crippen molar-refractivity contribution in [1.82, 2.24) is 14.7 Å². The average Bonchev–Trinajstić information content (AvgIpc) is 2.82. The Morgan fingerprint density at radius 2 is 2.20 bits per heavy atom. The quantitative estimate of drug-likeness (QED) is 0.882. The first kappa shape index (κ1) is 13.5. The molecule has 2 aromatic heterocycles. The molecule has 5 heteroatoms. The van der Waals surface area contributed by atoms with Crippen molar-refractivity contribution in [2.45, 2.75) is 31.9 Å². The SMILES string of the molecule is Cc1ccc2ncc(CNCC3(O)CCOCC3)n2c1. The summed E-state index contributed by atoms with van der Waals surface area (Å²) >= 11 is 0. The second-order valence-corrected chi connectivity index (χ2v) is 5.62. The minimum absolute atomic E-state index is 0.593. The van der Waals surface area contributed by atoms with Crippen molar-refractivity contribution in [1.29, 1.82) is 0 Å². The third-order valence-corrected chi connectivity index (χ3v) is 3.91. The number of aryl methyl sites for hydroxylation is 1. The summed E-state index contributed by atoms with van der Waals surface area (Å²) in [5.74, 6) is 0. The van der Waals surface area contributed by atoms with Gasteiger partial charge in [0.1, 0.15) is 5.65 Å². The van der Waals surface area contributed by atoms with Crippen LogP contribution in [0.2, 0.25) is 0 Å². The van der Waals surface area contributed by atoms with Gasteiger partial charge in [0.25, 0.3) is 0 Å². The summed E-state index contributed by atoms with van der Waals surface area (Å²) in [6.07, 6.45) is 5.37. The molecule has 0 amide bonds. The lowest BCUT2D eigenvalue weighted by Gasteiger charge is -2.32. The van der Waals surface area contributed by atoms with Gasteiger partial charge in [0.05, 0.1) is 17.5 Å². The van der Waals surface area contributed by atoms with Crippen molar-refractivity contribution < 1.29 is 9.84 Å². The molecule has 1 aliphatic rings. The molecular formula is C15H21N3O2. The van der Waals surface area contributed by atoms with Gasteiger partial charge in [-0.3, -0.25) is 0 Å². The van der Waals surface area contributed by atoms with Gasteiger partial charge < -0.3 is 19.6 Å². The third-order valence-electron chi connectivity index (χ3n) is 3.91. The molecule has 0 radical (unpaired) electrons. The fourth-order valence-corrected chi connectivity index (χ4v) is 2.62. The van der Waals surface area contributed by atoms with Crippen LogP contribution in [0.1, 0.15) is 24.1 Å². The zero-order valence-electron chi connectivity index (χ0n) is 11.8. The Morgan fingerprint density at radius 1 is 1.40 bits per heavy atom. The Balaban J connectivity index is 1.63. The number of hydrogen-bond donors (Lipinski definition) is 2. The van der Waals surface area contributed by atoms with E-state index in [1.807, 2.05) is 12.3 Å². The zero-order valence-corrected chi connectivity index (χ0v) is 11.8. The highest BCUT2D eigenvalue weighted by atomic mass is 16.5. The molecule has 20 heavy (non-hydrogen) atoms.